The lowest BCUT2D eigenvalue weighted by Gasteiger charge is -2.01. The third kappa shape index (κ3) is 31.2. The molecule has 0 aliphatic heterocycles. The third-order valence-electron chi connectivity index (χ3n) is 6.10. The number of carboxylic acids is 1. The van der Waals surface area contributed by atoms with Gasteiger partial charge in [-0.05, 0) is 83.1 Å². The number of hydrogen-bond donors (Lipinski definition) is 2. The summed E-state index contributed by atoms with van der Waals surface area (Å²) in [6.07, 6.45) is 22.9. The number of hydrogen-bond acceptors (Lipinski definition) is 5. The Morgan fingerprint density at radius 1 is 1.00 bits per heavy atom. The van der Waals surface area contributed by atoms with Crippen molar-refractivity contribution in [1.82, 2.24) is 5.32 Å². The van der Waals surface area contributed by atoms with Crippen molar-refractivity contribution in [2.75, 3.05) is 13.2 Å². The average molecular weight is 577 g/mol. The molecule has 0 radical (unpaired) electrons. The molecule has 0 atom stereocenters. The van der Waals surface area contributed by atoms with Crippen LogP contribution in [0.25, 0.3) is 0 Å². The quantitative estimate of drug-likeness (QED) is 0.0830. The summed E-state index contributed by atoms with van der Waals surface area (Å²) >= 11 is 0. The second-order valence-corrected chi connectivity index (χ2v) is 9.53. The number of carbonyl (C=O) groups excluding carboxylic acids is 1. The van der Waals surface area contributed by atoms with Crippen molar-refractivity contribution in [1.29, 1.82) is 0 Å². The van der Waals surface area contributed by atoms with Crippen molar-refractivity contribution in [3.63, 3.8) is 0 Å². The van der Waals surface area contributed by atoms with Gasteiger partial charge in [-0.3, -0.25) is 9.59 Å². The number of allylic oxidation sites excluding steroid dienone is 4. The van der Waals surface area contributed by atoms with Gasteiger partial charge in [-0.2, -0.15) is 0 Å². The van der Waals surface area contributed by atoms with Gasteiger partial charge in [-0.1, -0.05) is 87.7 Å². The number of unbranched alkanes of at least 4 members (excludes halogenated alkanes) is 4. The van der Waals surface area contributed by atoms with E-state index in [0.717, 1.165) is 25.3 Å². The lowest BCUT2D eigenvalue weighted by Crippen LogP contribution is -2.21. The zero-order chi connectivity index (χ0) is 31.0. The predicted octanol–water partition coefficient (Wildman–Crippen LogP) is 8.49. The summed E-state index contributed by atoms with van der Waals surface area (Å²) in [4.78, 5) is 34.5. The predicted molar refractivity (Wildman–Crippen MR) is 168 cm³/mol. The SMILES string of the molecule is C(=C\C1CCCC1)/CCCc1ccccc1.C/C=C\CCCC(=O)NCC.CC.O=C(O)CCCCCO[N+](=O)[O-]. The molecule has 2 rings (SSSR count). The van der Waals surface area contributed by atoms with E-state index in [1.807, 2.05) is 33.8 Å². The summed E-state index contributed by atoms with van der Waals surface area (Å²) in [5.74, 6) is 0.221. The fraction of sp³-hybridized carbons (Fsp3) is 0.636. The minimum Gasteiger partial charge on any atom is -0.481 e. The second-order valence-electron chi connectivity index (χ2n) is 9.53. The van der Waals surface area contributed by atoms with Crippen molar-refractivity contribution in [3.8, 4) is 0 Å². The van der Waals surface area contributed by atoms with Gasteiger partial charge in [0.05, 0.1) is 6.61 Å². The molecular formula is C33H56N2O6. The first-order valence-electron chi connectivity index (χ1n) is 15.5. The Labute approximate surface area is 248 Å². The molecule has 0 heterocycles. The van der Waals surface area contributed by atoms with E-state index in [4.69, 9.17) is 5.11 Å². The molecular weight excluding hydrogens is 520 g/mol. The molecule has 2 N–H and O–H groups in total. The summed E-state index contributed by atoms with van der Waals surface area (Å²) in [5.41, 5.74) is 1.47. The first-order chi connectivity index (χ1) is 19.9. The number of carboxylic acid groups (broad SMARTS) is 1. The number of nitrogens with one attached hydrogen (secondary N) is 1. The van der Waals surface area contributed by atoms with E-state index in [2.05, 4.69) is 58.7 Å². The highest BCUT2D eigenvalue weighted by Gasteiger charge is 2.10. The minimum atomic E-state index is -0.850. The zero-order valence-corrected chi connectivity index (χ0v) is 26.0. The van der Waals surface area contributed by atoms with Crippen LogP contribution in [-0.2, 0) is 20.8 Å². The van der Waals surface area contributed by atoms with E-state index in [0.29, 0.717) is 25.7 Å². The highest BCUT2D eigenvalue weighted by molar-refractivity contribution is 5.75. The zero-order valence-electron chi connectivity index (χ0n) is 26.0. The van der Waals surface area contributed by atoms with Gasteiger partial charge in [0.15, 0.2) is 0 Å². The molecule has 0 bridgehead atoms. The van der Waals surface area contributed by atoms with Gasteiger partial charge in [0, 0.05) is 19.4 Å². The second kappa shape index (κ2) is 31.4. The number of aryl methyl sites for hydroxylation is 1. The normalized spacial score (nSPS) is 12.4. The molecule has 0 unspecified atom stereocenters. The fourth-order valence-corrected chi connectivity index (χ4v) is 4.03. The Bertz CT molecular complexity index is 787. The average Bonchev–Trinajstić information content (AvgIpc) is 3.49. The molecule has 1 amide bonds. The number of carbonyl (C=O) groups is 2. The molecule has 0 spiro atoms. The van der Waals surface area contributed by atoms with E-state index in [9.17, 15) is 19.7 Å². The van der Waals surface area contributed by atoms with Crippen LogP contribution in [-0.4, -0.2) is 35.2 Å². The molecule has 1 aliphatic carbocycles. The van der Waals surface area contributed by atoms with Crippen molar-refractivity contribution >= 4 is 11.9 Å². The molecule has 1 fully saturated rings. The highest BCUT2D eigenvalue weighted by atomic mass is 16.9. The maximum Gasteiger partial charge on any atom is 0.303 e. The van der Waals surface area contributed by atoms with Crippen LogP contribution in [0.2, 0.25) is 0 Å². The number of aliphatic carboxylic acids is 1. The summed E-state index contributed by atoms with van der Waals surface area (Å²) in [7, 11) is 0. The molecule has 234 valence electrons. The van der Waals surface area contributed by atoms with Crippen LogP contribution in [0.15, 0.2) is 54.6 Å². The monoisotopic (exact) mass is 576 g/mol. The molecule has 8 nitrogen and oxygen atoms in total. The van der Waals surface area contributed by atoms with Crippen LogP contribution >= 0.6 is 0 Å². The minimum absolute atomic E-state index is 0.0482. The maximum absolute atomic E-state index is 10.9. The Kier molecular flexibility index (Phi) is 30.6. The summed E-state index contributed by atoms with van der Waals surface area (Å²) in [6, 6.07) is 10.8. The van der Waals surface area contributed by atoms with Gasteiger partial charge < -0.3 is 15.3 Å². The lowest BCUT2D eigenvalue weighted by molar-refractivity contribution is -0.757. The molecule has 1 saturated carbocycles. The van der Waals surface area contributed by atoms with E-state index in [1.165, 1.54) is 50.5 Å². The number of benzene rings is 1. The van der Waals surface area contributed by atoms with Crippen LogP contribution in [0, 0.1) is 16.0 Å². The van der Waals surface area contributed by atoms with Gasteiger partial charge in [0.2, 0.25) is 5.91 Å². The number of nitrogens with zero attached hydrogens (tertiary/aromatic N) is 1. The van der Waals surface area contributed by atoms with E-state index in [-0.39, 0.29) is 18.9 Å². The van der Waals surface area contributed by atoms with Crippen LogP contribution in [0.5, 0.6) is 0 Å². The third-order valence-corrected chi connectivity index (χ3v) is 6.10. The smallest absolute Gasteiger partial charge is 0.303 e. The van der Waals surface area contributed by atoms with Crippen molar-refractivity contribution in [3.05, 3.63) is 70.3 Å². The van der Waals surface area contributed by atoms with Gasteiger partial charge in [-0.15, -0.1) is 10.1 Å². The highest BCUT2D eigenvalue weighted by Crippen LogP contribution is 2.25. The van der Waals surface area contributed by atoms with Crippen molar-refractivity contribution in [2.45, 2.75) is 118 Å². The molecule has 0 saturated heterocycles. The van der Waals surface area contributed by atoms with Crippen LogP contribution < -0.4 is 5.32 Å². The van der Waals surface area contributed by atoms with Gasteiger partial charge in [0.1, 0.15) is 0 Å². The summed E-state index contributed by atoms with van der Waals surface area (Å²) in [6.45, 7) is 8.71. The summed E-state index contributed by atoms with van der Waals surface area (Å²) < 4.78 is 0. The fourth-order valence-electron chi connectivity index (χ4n) is 4.03. The molecule has 8 heteroatoms. The first kappa shape index (κ1) is 40.0. The van der Waals surface area contributed by atoms with Gasteiger partial charge in [-0.25, -0.2) is 0 Å². The molecule has 1 aromatic carbocycles. The number of amides is 1. The number of rotatable bonds is 17. The summed E-state index contributed by atoms with van der Waals surface area (Å²) in [5, 5.41) is 19.8. The van der Waals surface area contributed by atoms with Crippen LogP contribution in [0.4, 0.5) is 0 Å². The first-order valence-corrected chi connectivity index (χ1v) is 15.5. The van der Waals surface area contributed by atoms with Gasteiger partial charge >= 0.3 is 5.97 Å². The Morgan fingerprint density at radius 3 is 2.24 bits per heavy atom. The van der Waals surface area contributed by atoms with E-state index >= 15 is 0 Å². The van der Waals surface area contributed by atoms with Crippen molar-refractivity contribution < 1.29 is 24.6 Å². The standard InChI is InChI=1S/C16H22.C9H17NO.C6H11NO5.C2H6/c1-3-9-15(10-4-1)11-5-2-6-12-16-13-7-8-14-16;1-3-5-6-7-8-9(11)10-4-2;8-6(9)4-2-1-3-5-12-7(10)11;1-2/h1,3-4,6,9-10,12,16H,2,5,7-8,11,13-14H2;3,5H,4,6-8H2,1-2H3,(H,10,11);1-5H2,(H,8,9);1-2H3/b12-6+;5-3-;;. The Balaban J connectivity index is 0. The molecule has 1 aromatic rings. The molecule has 41 heavy (non-hydrogen) atoms. The van der Waals surface area contributed by atoms with Crippen LogP contribution in [0.1, 0.15) is 117 Å². The van der Waals surface area contributed by atoms with E-state index < -0.39 is 11.1 Å². The molecule has 1 aliphatic rings. The van der Waals surface area contributed by atoms with E-state index in [1.54, 1.807) is 0 Å². The lowest BCUT2D eigenvalue weighted by atomic mass is 10.1. The largest absolute Gasteiger partial charge is 0.481 e. The topological polar surface area (TPSA) is 119 Å². The Morgan fingerprint density at radius 2 is 1.66 bits per heavy atom. The van der Waals surface area contributed by atoms with Crippen LogP contribution in [0.3, 0.4) is 0 Å². The Hall–Kier alpha value is -3.16. The molecule has 0 aromatic heterocycles. The maximum atomic E-state index is 10.9. The van der Waals surface area contributed by atoms with Gasteiger partial charge in [0.25, 0.3) is 5.09 Å². The van der Waals surface area contributed by atoms with Crippen molar-refractivity contribution in [2.24, 2.45) is 5.92 Å².